The highest BCUT2D eigenvalue weighted by molar-refractivity contribution is 5.95. The number of rotatable bonds is 6. The first kappa shape index (κ1) is 13.5. The molecule has 0 aliphatic heterocycles. The Balaban J connectivity index is 2.39. The third-order valence-corrected chi connectivity index (χ3v) is 2.35. The molecule has 1 aromatic carbocycles. The number of unbranched alkanes of at least 4 members (excludes halogenated alkanes) is 2. The predicted molar refractivity (Wildman–Crippen MR) is 69.7 cm³/mol. The maximum atomic E-state index is 11.6. The Bertz CT molecular complexity index is 360. The third-order valence-electron chi connectivity index (χ3n) is 2.35. The normalized spacial score (nSPS) is 12.6. The number of amides is 1. The number of nitrogens with one attached hydrogen (secondary N) is 1. The zero-order valence-electron chi connectivity index (χ0n) is 10.1. The van der Waals surface area contributed by atoms with E-state index in [2.05, 4.69) is 12.2 Å². The number of aliphatic hydroxyl groups is 1. The number of para-hydroxylation sites is 1. The van der Waals surface area contributed by atoms with Crippen LogP contribution in [0.25, 0.3) is 0 Å². The summed E-state index contributed by atoms with van der Waals surface area (Å²) in [4.78, 5) is 11.6. The number of aliphatic hydroxyl groups excluding tert-OH is 1. The third kappa shape index (κ3) is 5.31. The first-order valence-electron chi connectivity index (χ1n) is 5.94. The Morgan fingerprint density at radius 1 is 1.41 bits per heavy atom. The molecule has 1 aromatic rings. The molecule has 0 saturated heterocycles. The molecule has 1 atom stereocenters. The van der Waals surface area contributed by atoms with Gasteiger partial charge in [-0.25, -0.2) is 0 Å². The van der Waals surface area contributed by atoms with Crippen LogP contribution in [-0.4, -0.2) is 17.1 Å². The zero-order chi connectivity index (χ0) is 12.5. The van der Waals surface area contributed by atoms with Gasteiger partial charge in [-0.1, -0.05) is 50.1 Å². The summed E-state index contributed by atoms with van der Waals surface area (Å²) in [7, 11) is 0. The zero-order valence-corrected chi connectivity index (χ0v) is 10.1. The van der Waals surface area contributed by atoms with Crippen molar-refractivity contribution in [3.8, 4) is 0 Å². The second-order valence-corrected chi connectivity index (χ2v) is 3.87. The lowest BCUT2D eigenvalue weighted by atomic mass is 10.2. The van der Waals surface area contributed by atoms with E-state index in [-0.39, 0.29) is 0 Å². The highest BCUT2D eigenvalue weighted by Crippen LogP contribution is 2.06. The van der Waals surface area contributed by atoms with Crippen LogP contribution in [0.3, 0.4) is 0 Å². The summed E-state index contributed by atoms with van der Waals surface area (Å²) in [6, 6.07) is 9.10. The number of anilines is 1. The van der Waals surface area contributed by atoms with Gasteiger partial charge in [0, 0.05) is 5.69 Å². The van der Waals surface area contributed by atoms with Crippen molar-refractivity contribution in [2.45, 2.75) is 32.3 Å². The van der Waals surface area contributed by atoms with Gasteiger partial charge in [0.05, 0.1) is 0 Å². The van der Waals surface area contributed by atoms with E-state index >= 15 is 0 Å². The summed E-state index contributed by atoms with van der Waals surface area (Å²) in [5.74, 6) is -0.399. The Morgan fingerprint density at radius 3 is 2.76 bits per heavy atom. The van der Waals surface area contributed by atoms with Gasteiger partial charge in [0.25, 0.3) is 5.91 Å². The molecule has 92 valence electrons. The van der Waals surface area contributed by atoms with E-state index < -0.39 is 12.0 Å². The number of hydrogen-bond acceptors (Lipinski definition) is 2. The molecule has 0 fully saturated rings. The van der Waals surface area contributed by atoms with E-state index in [9.17, 15) is 9.90 Å². The smallest absolute Gasteiger partial charge is 0.257 e. The molecule has 0 bridgehead atoms. The first-order chi connectivity index (χ1) is 8.24. The van der Waals surface area contributed by atoms with Crippen LogP contribution in [0.4, 0.5) is 5.69 Å². The SMILES string of the molecule is CCCC/C=C/[C@@H](O)C(=O)Nc1ccccc1. The highest BCUT2D eigenvalue weighted by atomic mass is 16.3. The second-order valence-electron chi connectivity index (χ2n) is 3.87. The number of hydrogen-bond donors (Lipinski definition) is 2. The van der Waals surface area contributed by atoms with Crippen molar-refractivity contribution >= 4 is 11.6 Å². The highest BCUT2D eigenvalue weighted by Gasteiger charge is 2.10. The van der Waals surface area contributed by atoms with Crippen molar-refractivity contribution in [2.24, 2.45) is 0 Å². The van der Waals surface area contributed by atoms with Crippen molar-refractivity contribution in [1.82, 2.24) is 0 Å². The van der Waals surface area contributed by atoms with Crippen LogP contribution in [0.1, 0.15) is 26.2 Å². The van der Waals surface area contributed by atoms with E-state index in [0.717, 1.165) is 19.3 Å². The molecule has 0 aliphatic carbocycles. The van der Waals surface area contributed by atoms with Gasteiger partial charge in [0.15, 0.2) is 6.10 Å². The Labute approximate surface area is 102 Å². The van der Waals surface area contributed by atoms with Crippen LogP contribution >= 0.6 is 0 Å². The number of allylic oxidation sites excluding steroid dienone is 1. The molecule has 17 heavy (non-hydrogen) atoms. The van der Waals surface area contributed by atoms with Crippen molar-refractivity contribution in [2.75, 3.05) is 5.32 Å². The minimum absolute atomic E-state index is 0.399. The molecule has 0 heterocycles. The lowest BCUT2D eigenvalue weighted by Gasteiger charge is -2.07. The van der Waals surface area contributed by atoms with Crippen molar-refractivity contribution < 1.29 is 9.90 Å². The van der Waals surface area contributed by atoms with Crippen molar-refractivity contribution in [1.29, 1.82) is 0 Å². The Hall–Kier alpha value is -1.61. The fraction of sp³-hybridized carbons (Fsp3) is 0.357. The number of benzene rings is 1. The molecule has 0 spiro atoms. The molecule has 0 unspecified atom stereocenters. The van der Waals surface area contributed by atoms with Gasteiger partial charge in [-0.3, -0.25) is 4.79 Å². The van der Waals surface area contributed by atoms with E-state index in [1.54, 1.807) is 12.1 Å². The van der Waals surface area contributed by atoms with E-state index in [4.69, 9.17) is 0 Å². The standard InChI is InChI=1S/C14H19NO2/c1-2-3-4-8-11-13(16)14(17)15-12-9-6-5-7-10-12/h5-11,13,16H,2-4H2,1H3,(H,15,17)/b11-8+/t13-/m1/s1. The molecular weight excluding hydrogens is 214 g/mol. The molecule has 0 aromatic heterocycles. The van der Waals surface area contributed by atoms with E-state index in [1.165, 1.54) is 6.08 Å². The lowest BCUT2D eigenvalue weighted by Crippen LogP contribution is -2.25. The summed E-state index contributed by atoms with van der Waals surface area (Å²) in [5, 5.41) is 12.2. The monoisotopic (exact) mass is 233 g/mol. The van der Waals surface area contributed by atoms with E-state index in [1.807, 2.05) is 24.3 Å². The van der Waals surface area contributed by atoms with E-state index in [0.29, 0.717) is 5.69 Å². The second kappa shape index (κ2) is 7.63. The minimum atomic E-state index is -1.08. The Kier molecular flexibility index (Phi) is 6.04. The van der Waals surface area contributed by atoms with Crippen molar-refractivity contribution in [3.05, 3.63) is 42.5 Å². The molecule has 0 saturated carbocycles. The average molecular weight is 233 g/mol. The summed E-state index contributed by atoms with van der Waals surface area (Å²) in [5.41, 5.74) is 0.693. The van der Waals surface area contributed by atoms with Crippen LogP contribution < -0.4 is 5.32 Å². The molecule has 1 amide bonds. The molecule has 1 rings (SSSR count). The van der Waals surface area contributed by atoms with Gasteiger partial charge in [0.1, 0.15) is 0 Å². The number of carbonyl (C=O) groups excluding carboxylic acids is 1. The molecule has 3 heteroatoms. The van der Waals surface area contributed by atoms with Gasteiger partial charge >= 0.3 is 0 Å². The number of carbonyl (C=O) groups is 1. The first-order valence-corrected chi connectivity index (χ1v) is 5.94. The molecular formula is C14H19NO2. The van der Waals surface area contributed by atoms with Crippen LogP contribution in [0.5, 0.6) is 0 Å². The van der Waals surface area contributed by atoms with Gasteiger partial charge in [-0.2, -0.15) is 0 Å². The molecule has 3 nitrogen and oxygen atoms in total. The van der Waals surface area contributed by atoms with Gasteiger partial charge in [-0.05, 0) is 18.6 Å². The molecule has 0 aliphatic rings. The fourth-order valence-electron chi connectivity index (χ4n) is 1.37. The Morgan fingerprint density at radius 2 is 2.12 bits per heavy atom. The maximum Gasteiger partial charge on any atom is 0.257 e. The summed E-state index contributed by atoms with van der Waals surface area (Å²) >= 11 is 0. The van der Waals surface area contributed by atoms with Gasteiger partial charge < -0.3 is 10.4 Å². The minimum Gasteiger partial charge on any atom is -0.379 e. The van der Waals surface area contributed by atoms with Crippen LogP contribution in [0, 0.1) is 0 Å². The van der Waals surface area contributed by atoms with Crippen LogP contribution in [0.15, 0.2) is 42.5 Å². The summed E-state index contributed by atoms with van der Waals surface area (Å²) in [6.07, 6.45) is 5.38. The van der Waals surface area contributed by atoms with Crippen molar-refractivity contribution in [3.63, 3.8) is 0 Å². The summed E-state index contributed by atoms with van der Waals surface area (Å²) < 4.78 is 0. The van der Waals surface area contributed by atoms with Gasteiger partial charge in [-0.15, -0.1) is 0 Å². The van der Waals surface area contributed by atoms with Crippen LogP contribution in [-0.2, 0) is 4.79 Å². The lowest BCUT2D eigenvalue weighted by molar-refractivity contribution is -0.121. The molecule has 0 radical (unpaired) electrons. The predicted octanol–water partition coefficient (Wildman–Crippen LogP) is 2.73. The molecule has 2 N–H and O–H groups in total. The largest absolute Gasteiger partial charge is 0.379 e. The maximum absolute atomic E-state index is 11.6. The quantitative estimate of drug-likeness (QED) is 0.586. The topological polar surface area (TPSA) is 49.3 Å². The van der Waals surface area contributed by atoms with Gasteiger partial charge in [0.2, 0.25) is 0 Å². The van der Waals surface area contributed by atoms with Crippen LogP contribution in [0.2, 0.25) is 0 Å². The summed E-state index contributed by atoms with van der Waals surface area (Å²) in [6.45, 7) is 2.10. The fourth-order valence-corrected chi connectivity index (χ4v) is 1.37. The average Bonchev–Trinajstić information content (AvgIpc) is 2.35.